The van der Waals surface area contributed by atoms with Gasteiger partial charge in [0.25, 0.3) is 0 Å². The fraction of sp³-hybridized carbons (Fsp3) is 0.529. The van der Waals surface area contributed by atoms with Gasteiger partial charge in [-0.05, 0) is 37.6 Å². The van der Waals surface area contributed by atoms with Crippen molar-refractivity contribution >= 4 is 34.7 Å². The summed E-state index contributed by atoms with van der Waals surface area (Å²) in [6.45, 7) is 3.17. The predicted octanol–water partition coefficient (Wildman–Crippen LogP) is 3.36. The molecule has 0 amide bonds. The van der Waals surface area contributed by atoms with Gasteiger partial charge in [0.1, 0.15) is 5.82 Å². The summed E-state index contributed by atoms with van der Waals surface area (Å²) in [7, 11) is 6.07. The Labute approximate surface area is 152 Å². The van der Waals surface area contributed by atoms with Gasteiger partial charge in [0.2, 0.25) is 5.95 Å². The first-order valence-electron chi connectivity index (χ1n) is 8.22. The zero-order chi connectivity index (χ0) is 17.1. The Hall–Kier alpha value is -1.37. The van der Waals surface area contributed by atoms with Gasteiger partial charge in [-0.2, -0.15) is 4.98 Å². The van der Waals surface area contributed by atoms with Crippen LogP contribution < -0.4 is 9.80 Å². The number of nitrogens with zero attached hydrogens (tertiary/aromatic N) is 5. The Morgan fingerprint density at radius 2 is 2.12 bits per heavy atom. The number of piperidine rings is 1. The van der Waals surface area contributed by atoms with Crippen molar-refractivity contribution < 1.29 is 0 Å². The van der Waals surface area contributed by atoms with E-state index in [0.717, 1.165) is 35.7 Å². The lowest BCUT2D eigenvalue weighted by Gasteiger charge is -2.38. The molecule has 130 valence electrons. The number of halogens is 1. The second kappa shape index (κ2) is 7.68. The molecule has 1 aliphatic rings. The summed E-state index contributed by atoms with van der Waals surface area (Å²) in [5.74, 6) is 1.74. The number of rotatable bonds is 5. The largest absolute Gasteiger partial charge is 0.355 e. The predicted molar refractivity (Wildman–Crippen MR) is 102 cm³/mol. The van der Waals surface area contributed by atoms with Crippen LogP contribution in [0.3, 0.4) is 0 Å². The van der Waals surface area contributed by atoms with Gasteiger partial charge in [0.05, 0.1) is 4.34 Å². The average Bonchev–Trinajstić information content (AvgIpc) is 2.99. The number of thiophene rings is 1. The van der Waals surface area contributed by atoms with Crippen LogP contribution in [0.4, 0.5) is 11.8 Å². The Balaban J connectivity index is 1.66. The van der Waals surface area contributed by atoms with E-state index in [2.05, 4.69) is 32.9 Å². The highest BCUT2D eigenvalue weighted by Gasteiger charge is 2.24. The lowest BCUT2D eigenvalue weighted by molar-refractivity contribution is 0.200. The van der Waals surface area contributed by atoms with Crippen LogP contribution in [0.25, 0.3) is 0 Å². The standard InChI is InChI=1S/C17H24ClN5S/c1-21(2)17-19-9-8-16(20-17)22(3)13-5-4-10-23(11-13)12-14-6-7-15(18)24-14/h6-9,13H,4-5,10-12H2,1-3H3. The maximum atomic E-state index is 6.05. The molecule has 7 heteroatoms. The molecule has 0 aromatic carbocycles. The molecule has 3 heterocycles. The number of likely N-dealkylation sites (N-methyl/N-ethyl adjacent to an activating group) is 1. The van der Waals surface area contributed by atoms with Crippen LogP contribution in [0.15, 0.2) is 24.4 Å². The smallest absolute Gasteiger partial charge is 0.226 e. The Bertz CT molecular complexity index is 675. The van der Waals surface area contributed by atoms with Crippen LogP contribution >= 0.6 is 22.9 Å². The highest BCUT2D eigenvalue weighted by molar-refractivity contribution is 7.16. The van der Waals surface area contributed by atoms with E-state index in [4.69, 9.17) is 11.6 Å². The molecule has 0 saturated carbocycles. The minimum Gasteiger partial charge on any atom is -0.355 e. The summed E-state index contributed by atoms with van der Waals surface area (Å²) in [4.78, 5) is 17.1. The number of likely N-dealkylation sites (tertiary alicyclic amines) is 1. The van der Waals surface area contributed by atoms with Gasteiger partial charge >= 0.3 is 0 Å². The molecule has 0 N–H and O–H groups in total. The monoisotopic (exact) mass is 365 g/mol. The third-order valence-corrected chi connectivity index (χ3v) is 5.64. The van der Waals surface area contributed by atoms with Crippen molar-refractivity contribution in [2.45, 2.75) is 25.4 Å². The van der Waals surface area contributed by atoms with Crippen LogP contribution in [0.5, 0.6) is 0 Å². The first kappa shape index (κ1) is 17.5. The summed E-state index contributed by atoms with van der Waals surface area (Å²) in [5.41, 5.74) is 0. The molecule has 1 unspecified atom stereocenters. The van der Waals surface area contributed by atoms with Gasteiger partial charge in [-0.1, -0.05) is 11.6 Å². The van der Waals surface area contributed by atoms with E-state index in [1.54, 1.807) is 11.3 Å². The van der Waals surface area contributed by atoms with E-state index in [-0.39, 0.29) is 0 Å². The van der Waals surface area contributed by atoms with Crippen molar-refractivity contribution in [1.29, 1.82) is 0 Å². The molecule has 1 fully saturated rings. The molecule has 0 radical (unpaired) electrons. The number of anilines is 2. The quantitative estimate of drug-likeness (QED) is 0.811. The van der Waals surface area contributed by atoms with Crippen LogP contribution in [0.2, 0.25) is 4.34 Å². The molecule has 0 spiro atoms. The maximum Gasteiger partial charge on any atom is 0.226 e. The summed E-state index contributed by atoms with van der Waals surface area (Å²) < 4.78 is 0.868. The van der Waals surface area contributed by atoms with Crippen LogP contribution in [0, 0.1) is 0 Å². The molecule has 2 aromatic heterocycles. The average molecular weight is 366 g/mol. The third kappa shape index (κ3) is 4.18. The zero-order valence-electron chi connectivity index (χ0n) is 14.4. The second-order valence-corrected chi connectivity index (χ2v) is 8.26. The normalized spacial score (nSPS) is 18.6. The Morgan fingerprint density at radius 1 is 1.29 bits per heavy atom. The fourth-order valence-electron chi connectivity index (χ4n) is 3.09. The van der Waals surface area contributed by atoms with Crippen molar-refractivity contribution in [3.63, 3.8) is 0 Å². The van der Waals surface area contributed by atoms with Crippen LogP contribution in [-0.2, 0) is 6.54 Å². The Kier molecular flexibility index (Phi) is 5.58. The SMILES string of the molecule is CN(C)c1nccc(N(C)C2CCCN(Cc3ccc(Cl)s3)C2)n1. The summed E-state index contributed by atoms with van der Waals surface area (Å²) in [5, 5.41) is 0. The lowest BCUT2D eigenvalue weighted by atomic mass is 10.0. The topological polar surface area (TPSA) is 35.5 Å². The highest BCUT2D eigenvalue weighted by atomic mass is 35.5. The second-order valence-electron chi connectivity index (χ2n) is 6.46. The third-order valence-electron chi connectivity index (χ3n) is 4.43. The first-order chi connectivity index (χ1) is 11.5. The van der Waals surface area contributed by atoms with Gasteiger partial charge in [0.15, 0.2) is 0 Å². The highest BCUT2D eigenvalue weighted by Crippen LogP contribution is 2.26. The molecule has 1 saturated heterocycles. The van der Waals surface area contributed by atoms with E-state index >= 15 is 0 Å². The first-order valence-corrected chi connectivity index (χ1v) is 9.42. The number of aromatic nitrogens is 2. The molecule has 1 aliphatic heterocycles. The molecule has 5 nitrogen and oxygen atoms in total. The van der Waals surface area contributed by atoms with E-state index in [9.17, 15) is 0 Å². The minimum atomic E-state index is 0.471. The van der Waals surface area contributed by atoms with Crippen LogP contribution in [0.1, 0.15) is 17.7 Å². The van der Waals surface area contributed by atoms with E-state index in [1.165, 1.54) is 17.7 Å². The van der Waals surface area contributed by atoms with Gasteiger partial charge in [0, 0.05) is 51.3 Å². The summed E-state index contributed by atoms with van der Waals surface area (Å²) in [6, 6.07) is 6.58. The van der Waals surface area contributed by atoms with Gasteiger partial charge in [-0.25, -0.2) is 4.98 Å². The van der Waals surface area contributed by atoms with Gasteiger partial charge < -0.3 is 9.80 Å². The van der Waals surface area contributed by atoms with Crippen molar-refractivity contribution in [1.82, 2.24) is 14.9 Å². The maximum absolute atomic E-state index is 6.05. The minimum absolute atomic E-state index is 0.471. The van der Waals surface area contributed by atoms with Gasteiger partial charge in [-0.15, -0.1) is 11.3 Å². The lowest BCUT2D eigenvalue weighted by Crippen LogP contribution is -2.46. The van der Waals surface area contributed by atoms with E-state index in [1.807, 2.05) is 37.3 Å². The number of hydrogen-bond acceptors (Lipinski definition) is 6. The van der Waals surface area contributed by atoms with Crippen molar-refractivity contribution in [2.24, 2.45) is 0 Å². The van der Waals surface area contributed by atoms with Crippen molar-refractivity contribution in [3.8, 4) is 0 Å². The molecule has 0 bridgehead atoms. The van der Waals surface area contributed by atoms with Gasteiger partial charge in [-0.3, -0.25) is 4.90 Å². The summed E-state index contributed by atoms with van der Waals surface area (Å²) >= 11 is 7.73. The molecule has 3 rings (SSSR count). The molecule has 0 aliphatic carbocycles. The molecular formula is C17H24ClN5S. The fourth-order valence-corrected chi connectivity index (χ4v) is 4.22. The Morgan fingerprint density at radius 3 is 2.83 bits per heavy atom. The number of hydrogen-bond donors (Lipinski definition) is 0. The zero-order valence-corrected chi connectivity index (χ0v) is 16.0. The van der Waals surface area contributed by atoms with Crippen molar-refractivity contribution in [3.05, 3.63) is 33.6 Å². The molecule has 2 aromatic rings. The molecule has 24 heavy (non-hydrogen) atoms. The summed E-state index contributed by atoms with van der Waals surface area (Å²) in [6.07, 6.45) is 4.24. The molecular weight excluding hydrogens is 342 g/mol. The van der Waals surface area contributed by atoms with E-state index < -0.39 is 0 Å². The van der Waals surface area contributed by atoms with Crippen LogP contribution in [-0.4, -0.2) is 55.1 Å². The van der Waals surface area contributed by atoms with E-state index in [0.29, 0.717) is 6.04 Å². The van der Waals surface area contributed by atoms with Crippen molar-refractivity contribution in [2.75, 3.05) is 44.0 Å². The molecule has 1 atom stereocenters.